The van der Waals surface area contributed by atoms with Gasteiger partial charge in [-0.3, -0.25) is 16.3 Å². The minimum absolute atomic E-state index is 0.0829. The van der Waals surface area contributed by atoms with Gasteiger partial charge in [-0.25, -0.2) is 0 Å². The summed E-state index contributed by atoms with van der Waals surface area (Å²) in [6, 6.07) is 8.59. The van der Waals surface area contributed by atoms with Crippen molar-refractivity contribution in [1.82, 2.24) is 10.4 Å². The van der Waals surface area contributed by atoms with Gasteiger partial charge in [0, 0.05) is 22.4 Å². The molecule has 0 fully saturated rings. The summed E-state index contributed by atoms with van der Waals surface area (Å²) < 4.78 is 0. The highest BCUT2D eigenvalue weighted by Gasteiger charge is 2.16. The van der Waals surface area contributed by atoms with Gasteiger partial charge >= 0.3 is 0 Å². The third-order valence-corrected chi connectivity index (χ3v) is 4.56. The maximum atomic E-state index is 5.73. The first kappa shape index (κ1) is 14.2. The molecule has 0 aliphatic heterocycles. The third kappa shape index (κ3) is 3.41. The fourth-order valence-corrected chi connectivity index (χ4v) is 3.22. The van der Waals surface area contributed by atoms with Crippen molar-refractivity contribution in [2.45, 2.75) is 39.2 Å². The number of aromatic nitrogens is 1. The first-order chi connectivity index (χ1) is 9.28. The molecule has 2 aromatic rings. The summed E-state index contributed by atoms with van der Waals surface area (Å²) in [5.74, 6) is 5.73. The van der Waals surface area contributed by atoms with E-state index in [1.165, 1.54) is 15.3 Å². The predicted molar refractivity (Wildman–Crippen MR) is 81.1 cm³/mol. The number of hydrogen-bond donors (Lipinski definition) is 2. The van der Waals surface area contributed by atoms with Crippen molar-refractivity contribution in [1.29, 1.82) is 0 Å². The number of nitrogens with two attached hydrogens (primary N) is 1. The van der Waals surface area contributed by atoms with Gasteiger partial charge in [0.1, 0.15) is 0 Å². The Balaban J connectivity index is 2.19. The second kappa shape index (κ2) is 6.80. The monoisotopic (exact) mass is 275 g/mol. The Morgan fingerprint density at radius 2 is 2.00 bits per heavy atom. The SMILES string of the molecule is CCc1ccc(CC(NN)c2ncccc2CC)s1. The van der Waals surface area contributed by atoms with Gasteiger partial charge in [-0.1, -0.05) is 19.9 Å². The minimum atomic E-state index is 0.0829. The maximum absolute atomic E-state index is 5.73. The van der Waals surface area contributed by atoms with Crippen LogP contribution in [-0.2, 0) is 19.3 Å². The lowest BCUT2D eigenvalue weighted by Gasteiger charge is -2.17. The van der Waals surface area contributed by atoms with E-state index in [9.17, 15) is 0 Å². The molecule has 0 bridgehead atoms. The lowest BCUT2D eigenvalue weighted by atomic mass is 10.0. The first-order valence-electron chi connectivity index (χ1n) is 6.76. The molecule has 3 N–H and O–H groups in total. The molecule has 0 aromatic carbocycles. The fraction of sp³-hybridized carbons (Fsp3) is 0.400. The van der Waals surface area contributed by atoms with E-state index in [2.05, 4.69) is 42.5 Å². The zero-order valence-electron chi connectivity index (χ0n) is 11.5. The second-order valence-corrected chi connectivity index (χ2v) is 5.80. The minimum Gasteiger partial charge on any atom is -0.271 e. The van der Waals surface area contributed by atoms with E-state index in [4.69, 9.17) is 5.84 Å². The van der Waals surface area contributed by atoms with Gasteiger partial charge in [0.15, 0.2) is 0 Å². The van der Waals surface area contributed by atoms with E-state index in [1.54, 1.807) is 0 Å². The predicted octanol–water partition coefficient (Wildman–Crippen LogP) is 3.02. The van der Waals surface area contributed by atoms with Crippen molar-refractivity contribution in [2.24, 2.45) is 5.84 Å². The summed E-state index contributed by atoms with van der Waals surface area (Å²) in [5, 5.41) is 0. The second-order valence-electron chi connectivity index (χ2n) is 4.55. The number of thiophene rings is 1. The zero-order chi connectivity index (χ0) is 13.7. The van der Waals surface area contributed by atoms with Crippen molar-refractivity contribution >= 4 is 11.3 Å². The van der Waals surface area contributed by atoms with Gasteiger partial charge in [-0.15, -0.1) is 11.3 Å². The number of hydrazine groups is 1. The highest BCUT2D eigenvalue weighted by atomic mass is 32.1. The van der Waals surface area contributed by atoms with Gasteiger partial charge in [-0.2, -0.15) is 0 Å². The maximum Gasteiger partial charge on any atom is 0.0683 e. The molecule has 0 aliphatic carbocycles. The molecule has 19 heavy (non-hydrogen) atoms. The molecule has 0 amide bonds. The Morgan fingerprint density at radius 1 is 1.21 bits per heavy atom. The van der Waals surface area contributed by atoms with Gasteiger partial charge in [0.25, 0.3) is 0 Å². The quantitative estimate of drug-likeness (QED) is 0.629. The van der Waals surface area contributed by atoms with E-state index in [0.29, 0.717) is 0 Å². The Morgan fingerprint density at radius 3 is 2.63 bits per heavy atom. The molecule has 2 rings (SSSR count). The lowest BCUT2D eigenvalue weighted by Crippen LogP contribution is -2.30. The third-order valence-electron chi connectivity index (χ3n) is 3.31. The van der Waals surface area contributed by atoms with Crippen molar-refractivity contribution in [3.63, 3.8) is 0 Å². The van der Waals surface area contributed by atoms with E-state index >= 15 is 0 Å². The number of aryl methyl sites for hydroxylation is 2. The molecule has 0 spiro atoms. The smallest absolute Gasteiger partial charge is 0.0683 e. The average Bonchev–Trinajstić information content (AvgIpc) is 2.92. The molecule has 4 heteroatoms. The van der Waals surface area contributed by atoms with Crippen LogP contribution in [-0.4, -0.2) is 4.98 Å². The summed E-state index contributed by atoms with van der Waals surface area (Å²) in [4.78, 5) is 7.28. The fourth-order valence-electron chi connectivity index (χ4n) is 2.22. The van der Waals surface area contributed by atoms with Gasteiger partial charge in [-0.05, 0) is 36.6 Å². The summed E-state index contributed by atoms with van der Waals surface area (Å²) in [5.41, 5.74) is 5.24. The van der Waals surface area contributed by atoms with Gasteiger partial charge in [0.05, 0.1) is 11.7 Å². The van der Waals surface area contributed by atoms with Crippen LogP contribution in [0.3, 0.4) is 0 Å². The largest absolute Gasteiger partial charge is 0.271 e. The van der Waals surface area contributed by atoms with Crippen molar-refractivity contribution in [3.05, 3.63) is 51.5 Å². The molecule has 2 aromatic heterocycles. The topological polar surface area (TPSA) is 50.9 Å². The number of hydrogen-bond acceptors (Lipinski definition) is 4. The number of rotatable bonds is 6. The van der Waals surface area contributed by atoms with Crippen molar-refractivity contribution in [2.75, 3.05) is 0 Å². The van der Waals surface area contributed by atoms with Crippen LogP contribution in [0.4, 0.5) is 0 Å². The molecule has 2 heterocycles. The Labute approximate surface area is 118 Å². The van der Waals surface area contributed by atoms with E-state index in [1.807, 2.05) is 23.6 Å². The van der Waals surface area contributed by atoms with E-state index in [0.717, 1.165) is 25.0 Å². The van der Waals surface area contributed by atoms with Gasteiger partial charge < -0.3 is 0 Å². The van der Waals surface area contributed by atoms with Crippen LogP contribution >= 0.6 is 11.3 Å². The molecule has 0 saturated carbocycles. The molecule has 0 saturated heterocycles. The highest BCUT2D eigenvalue weighted by Crippen LogP contribution is 2.24. The standard InChI is InChI=1S/C15H21N3S/c1-3-11-6-5-9-17-15(11)14(18-16)10-13-8-7-12(4-2)19-13/h5-9,14,18H,3-4,10,16H2,1-2H3. The molecule has 1 unspecified atom stereocenters. The van der Waals surface area contributed by atoms with Crippen LogP contribution in [0.5, 0.6) is 0 Å². The van der Waals surface area contributed by atoms with Crippen LogP contribution in [0.2, 0.25) is 0 Å². The Hall–Kier alpha value is -1.23. The van der Waals surface area contributed by atoms with Crippen LogP contribution < -0.4 is 11.3 Å². The number of nitrogens with one attached hydrogen (secondary N) is 1. The molecular weight excluding hydrogens is 254 g/mol. The Bertz CT molecular complexity index is 522. The van der Waals surface area contributed by atoms with E-state index < -0.39 is 0 Å². The highest BCUT2D eigenvalue weighted by molar-refractivity contribution is 7.11. The molecular formula is C15H21N3S. The molecule has 1 atom stereocenters. The Kier molecular flexibility index (Phi) is 5.07. The van der Waals surface area contributed by atoms with Gasteiger partial charge in [0.2, 0.25) is 0 Å². The lowest BCUT2D eigenvalue weighted by molar-refractivity contribution is 0.537. The normalized spacial score (nSPS) is 12.6. The number of nitrogens with zero attached hydrogens (tertiary/aromatic N) is 1. The van der Waals surface area contributed by atoms with Crippen LogP contribution in [0.25, 0.3) is 0 Å². The summed E-state index contributed by atoms with van der Waals surface area (Å²) in [6.45, 7) is 4.33. The van der Waals surface area contributed by atoms with E-state index in [-0.39, 0.29) is 6.04 Å². The molecule has 3 nitrogen and oxygen atoms in total. The molecule has 0 radical (unpaired) electrons. The average molecular weight is 275 g/mol. The first-order valence-corrected chi connectivity index (χ1v) is 7.57. The molecule has 0 aliphatic rings. The number of pyridine rings is 1. The molecule has 102 valence electrons. The summed E-state index contributed by atoms with van der Waals surface area (Å²) >= 11 is 1.86. The summed E-state index contributed by atoms with van der Waals surface area (Å²) in [6.07, 6.45) is 4.80. The van der Waals surface area contributed by atoms with Crippen LogP contribution in [0.15, 0.2) is 30.5 Å². The van der Waals surface area contributed by atoms with Crippen LogP contribution in [0.1, 0.15) is 40.9 Å². The van der Waals surface area contributed by atoms with Crippen molar-refractivity contribution < 1.29 is 0 Å². The summed E-state index contributed by atoms with van der Waals surface area (Å²) in [7, 11) is 0. The van der Waals surface area contributed by atoms with Crippen molar-refractivity contribution in [3.8, 4) is 0 Å². The zero-order valence-corrected chi connectivity index (χ0v) is 12.3. The van der Waals surface area contributed by atoms with Crippen LogP contribution in [0, 0.1) is 0 Å².